The molecule has 14 aromatic rings. The highest BCUT2D eigenvalue weighted by Crippen LogP contribution is 2.57. The molecule has 3 nitrogen and oxygen atoms in total. The molecule has 3 heteroatoms. The number of benzene rings is 11. The van der Waals surface area contributed by atoms with E-state index in [4.69, 9.17) is 4.42 Å². The van der Waals surface area contributed by atoms with Gasteiger partial charge >= 0.3 is 0 Å². The van der Waals surface area contributed by atoms with Crippen LogP contribution in [-0.4, -0.2) is 9.13 Å². The average Bonchev–Trinajstić information content (AvgIpc) is 4.16. The summed E-state index contributed by atoms with van der Waals surface area (Å²) in [5, 5.41) is 7.11. The van der Waals surface area contributed by atoms with Crippen LogP contribution in [0.1, 0.15) is 22.3 Å². The van der Waals surface area contributed by atoms with Crippen molar-refractivity contribution in [3.63, 3.8) is 0 Å². The lowest BCUT2D eigenvalue weighted by Crippen LogP contribution is -2.28. The molecule has 0 aliphatic heterocycles. The standard InChI is InChI=1S/C67H42N2O/c1-4-18-46(19-5-1)67(47-20-6-2-7-21-47)59-28-14-10-24-50(59)51-37-34-49(42-60(51)67)69-62-30-16-12-26-53(62)55-36-33-44(41-64(55)69)57-38-45(39-58-56-27-13-17-31-65(56)70-66(57)58)43-32-35-54-52-25-11-15-29-61(52)68(63(54)40-43)48-22-8-3-9-23-48/h1-42H. The van der Waals surface area contributed by atoms with Gasteiger partial charge in [-0.3, -0.25) is 0 Å². The Labute approximate surface area is 404 Å². The number of fused-ring (bicyclic) bond motifs is 12. The molecule has 0 saturated heterocycles. The van der Waals surface area contributed by atoms with Crippen LogP contribution in [-0.2, 0) is 5.41 Å². The molecule has 70 heavy (non-hydrogen) atoms. The number of rotatable bonds is 6. The Hall–Kier alpha value is -9.18. The Balaban J connectivity index is 0.970. The van der Waals surface area contributed by atoms with Gasteiger partial charge in [0.2, 0.25) is 0 Å². The molecule has 0 amide bonds. The minimum absolute atomic E-state index is 0.514. The second-order valence-corrected chi connectivity index (χ2v) is 18.8. The topological polar surface area (TPSA) is 23.0 Å². The number of furan rings is 1. The lowest BCUT2D eigenvalue weighted by atomic mass is 9.67. The second-order valence-electron chi connectivity index (χ2n) is 18.8. The Kier molecular flexibility index (Phi) is 8.28. The predicted molar refractivity (Wildman–Crippen MR) is 291 cm³/mol. The van der Waals surface area contributed by atoms with Gasteiger partial charge in [-0.2, -0.15) is 0 Å². The maximum Gasteiger partial charge on any atom is 0.143 e. The molecule has 0 radical (unpaired) electrons. The number of hydrogen-bond acceptors (Lipinski definition) is 1. The zero-order valence-corrected chi connectivity index (χ0v) is 38.1. The van der Waals surface area contributed by atoms with Gasteiger partial charge in [-0.25, -0.2) is 0 Å². The molecular formula is C67H42N2O. The summed E-state index contributed by atoms with van der Waals surface area (Å²) in [5.41, 5.74) is 20.3. The summed E-state index contributed by atoms with van der Waals surface area (Å²) in [7, 11) is 0. The van der Waals surface area contributed by atoms with E-state index < -0.39 is 5.41 Å². The zero-order chi connectivity index (χ0) is 45.9. The molecule has 0 unspecified atom stereocenters. The number of nitrogens with zero attached hydrogens (tertiary/aromatic N) is 2. The van der Waals surface area contributed by atoms with Gasteiger partial charge in [0.1, 0.15) is 11.2 Å². The van der Waals surface area contributed by atoms with Crippen LogP contribution in [0.5, 0.6) is 0 Å². The highest BCUT2D eigenvalue weighted by molar-refractivity contribution is 6.15. The fourth-order valence-corrected chi connectivity index (χ4v) is 12.2. The molecule has 3 heterocycles. The molecule has 0 atom stereocenters. The molecule has 326 valence electrons. The van der Waals surface area contributed by atoms with Crippen LogP contribution in [0.25, 0.3) is 110 Å². The first kappa shape index (κ1) is 38.9. The van der Waals surface area contributed by atoms with E-state index in [0.717, 1.165) is 61.1 Å². The predicted octanol–water partition coefficient (Wildman–Crippen LogP) is 17.5. The molecule has 3 aromatic heterocycles. The maximum absolute atomic E-state index is 6.88. The molecule has 0 bridgehead atoms. The van der Waals surface area contributed by atoms with E-state index in [1.54, 1.807) is 0 Å². The number of para-hydroxylation sites is 4. The first-order chi connectivity index (χ1) is 34.7. The third-order valence-corrected chi connectivity index (χ3v) is 15.2. The summed E-state index contributed by atoms with van der Waals surface area (Å²) in [6.07, 6.45) is 0. The van der Waals surface area contributed by atoms with Crippen LogP contribution in [0.3, 0.4) is 0 Å². The highest BCUT2D eigenvalue weighted by atomic mass is 16.3. The van der Waals surface area contributed by atoms with Crippen LogP contribution >= 0.6 is 0 Å². The van der Waals surface area contributed by atoms with Crippen LogP contribution in [0.2, 0.25) is 0 Å². The first-order valence-electron chi connectivity index (χ1n) is 24.2. The quantitative estimate of drug-likeness (QED) is 0.163. The summed E-state index contributed by atoms with van der Waals surface area (Å²) < 4.78 is 11.8. The van der Waals surface area contributed by atoms with E-state index in [-0.39, 0.29) is 0 Å². The van der Waals surface area contributed by atoms with Crippen molar-refractivity contribution in [2.75, 3.05) is 0 Å². The zero-order valence-electron chi connectivity index (χ0n) is 38.1. The van der Waals surface area contributed by atoms with Crippen LogP contribution < -0.4 is 0 Å². The third kappa shape index (κ3) is 5.46. The second kappa shape index (κ2) is 14.9. The van der Waals surface area contributed by atoms with E-state index in [2.05, 4.69) is 264 Å². The Morgan fingerprint density at radius 1 is 0.286 bits per heavy atom. The fourth-order valence-electron chi connectivity index (χ4n) is 12.2. The minimum Gasteiger partial charge on any atom is -0.455 e. The largest absolute Gasteiger partial charge is 0.455 e. The third-order valence-electron chi connectivity index (χ3n) is 15.2. The molecule has 15 rings (SSSR count). The van der Waals surface area contributed by atoms with Gasteiger partial charge in [-0.15, -0.1) is 0 Å². The van der Waals surface area contributed by atoms with Gasteiger partial charge in [0.25, 0.3) is 0 Å². The van der Waals surface area contributed by atoms with E-state index in [9.17, 15) is 0 Å². The number of hydrogen-bond donors (Lipinski definition) is 0. The van der Waals surface area contributed by atoms with Gasteiger partial charge in [-0.1, -0.05) is 188 Å². The minimum atomic E-state index is -0.514. The van der Waals surface area contributed by atoms with Gasteiger partial charge in [-0.05, 0) is 117 Å². The van der Waals surface area contributed by atoms with E-state index >= 15 is 0 Å². The molecule has 0 saturated carbocycles. The summed E-state index contributed by atoms with van der Waals surface area (Å²) in [6, 6.07) is 93.6. The Morgan fingerprint density at radius 2 is 0.814 bits per heavy atom. The van der Waals surface area contributed by atoms with Crippen LogP contribution in [0.4, 0.5) is 0 Å². The monoisotopic (exact) mass is 890 g/mol. The summed E-state index contributed by atoms with van der Waals surface area (Å²) in [5.74, 6) is 0. The molecule has 0 fully saturated rings. The molecule has 1 aliphatic carbocycles. The van der Waals surface area contributed by atoms with E-state index in [1.807, 2.05) is 0 Å². The Bertz CT molecular complexity index is 4360. The van der Waals surface area contributed by atoms with Crippen molar-refractivity contribution >= 4 is 65.6 Å². The summed E-state index contributed by atoms with van der Waals surface area (Å²) in [6.45, 7) is 0. The van der Waals surface area contributed by atoms with Crippen molar-refractivity contribution in [2.45, 2.75) is 5.41 Å². The van der Waals surface area contributed by atoms with Crippen molar-refractivity contribution in [3.05, 3.63) is 277 Å². The lowest BCUT2D eigenvalue weighted by Gasteiger charge is -2.34. The number of aromatic nitrogens is 2. The first-order valence-corrected chi connectivity index (χ1v) is 24.2. The molecule has 11 aromatic carbocycles. The fraction of sp³-hybridized carbons (Fsp3) is 0.0149. The van der Waals surface area contributed by atoms with Gasteiger partial charge < -0.3 is 13.6 Å². The van der Waals surface area contributed by atoms with Crippen molar-refractivity contribution in [1.82, 2.24) is 9.13 Å². The molecule has 0 N–H and O–H groups in total. The average molecular weight is 891 g/mol. The van der Waals surface area contributed by atoms with Crippen LogP contribution in [0.15, 0.2) is 259 Å². The smallest absolute Gasteiger partial charge is 0.143 e. The lowest BCUT2D eigenvalue weighted by molar-refractivity contribution is 0.670. The van der Waals surface area contributed by atoms with Gasteiger partial charge in [0, 0.05) is 49.3 Å². The Morgan fingerprint density at radius 3 is 1.51 bits per heavy atom. The highest BCUT2D eigenvalue weighted by Gasteiger charge is 2.46. The van der Waals surface area contributed by atoms with Crippen LogP contribution in [0, 0.1) is 0 Å². The normalized spacial score (nSPS) is 13.0. The molecular weight excluding hydrogens is 849 g/mol. The summed E-state index contributed by atoms with van der Waals surface area (Å²) >= 11 is 0. The van der Waals surface area contributed by atoms with Crippen molar-refractivity contribution < 1.29 is 4.42 Å². The van der Waals surface area contributed by atoms with Gasteiger partial charge in [0.15, 0.2) is 0 Å². The van der Waals surface area contributed by atoms with E-state index in [0.29, 0.717) is 0 Å². The van der Waals surface area contributed by atoms with E-state index in [1.165, 1.54) is 71.5 Å². The summed E-state index contributed by atoms with van der Waals surface area (Å²) in [4.78, 5) is 0. The van der Waals surface area contributed by atoms with Crippen molar-refractivity contribution in [2.24, 2.45) is 0 Å². The molecule has 0 spiro atoms. The van der Waals surface area contributed by atoms with Gasteiger partial charge in [0.05, 0.1) is 27.5 Å². The molecule has 1 aliphatic rings. The van der Waals surface area contributed by atoms with Crippen molar-refractivity contribution in [3.8, 4) is 44.8 Å². The maximum atomic E-state index is 6.88. The SMILES string of the molecule is c1ccc(-n2c3ccccc3c3ccc(-c4cc(-c5ccc6c7ccccc7n(-c7ccc8c(c7)C(c7ccccc7)(c7ccccc7)c7ccccc7-8)c6c5)c5oc6ccccc6c5c4)cc32)cc1. The van der Waals surface area contributed by atoms with Crippen molar-refractivity contribution in [1.29, 1.82) is 0 Å².